The Balaban J connectivity index is 1.79. The number of ether oxygens (including phenoxy) is 1. The van der Waals surface area contributed by atoms with Crippen LogP contribution in [0.3, 0.4) is 0 Å². The summed E-state index contributed by atoms with van der Waals surface area (Å²) < 4.78 is 5.62. The van der Waals surface area contributed by atoms with Crippen LogP contribution in [0, 0.1) is 5.92 Å². The molecule has 2 unspecified atom stereocenters. The summed E-state index contributed by atoms with van der Waals surface area (Å²) in [6.45, 7) is 6.41. The first kappa shape index (κ1) is 12.7. The Hall–Kier alpha value is -0.770. The molecule has 0 aromatic heterocycles. The van der Waals surface area contributed by atoms with Crippen molar-refractivity contribution in [1.82, 2.24) is 10.2 Å². The molecule has 0 spiro atoms. The fourth-order valence-electron chi connectivity index (χ4n) is 2.72. The second-order valence-electron chi connectivity index (χ2n) is 5.26. The number of hydrogen-bond donors (Lipinski definition) is 1. The van der Waals surface area contributed by atoms with E-state index in [1.54, 1.807) is 0 Å². The average Bonchev–Trinajstić information content (AvgIpc) is 2.83. The number of likely N-dealkylation sites (tertiary alicyclic amines) is 1. The van der Waals surface area contributed by atoms with E-state index in [2.05, 4.69) is 22.1 Å². The van der Waals surface area contributed by atoms with Crippen molar-refractivity contribution in [1.29, 1.82) is 0 Å². The summed E-state index contributed by atoms with van der Waals surface area (Å²) in [6.07, 6.45) is 5.39. The molecule has 2 aliphatic heterocycles. The molecular formula is C13H25N3O. The fourth-order valence-corrected chi connectivity index (χ4v) is 2.72. The van der Waals surface area contributed by atoms with Crippen molar-refractivity contribution >= 4 is 5.96 Å². The molecule has 2 aliphatic rings. The van der Waals surface area contributed by atoms with Crippen LogP contribution in [-0.2, 0) is 4.74 Å². The maximum atomic E-state index is 5.62. The van der Waals surface area contributed by atoms with Gasteiger partial charge < -0.3 is 15.0 Å². The number of nitrogens with zero attached hydrogens (tertiary/aromatic N) is 2. The highest BCUT2D eigenvalue weighted by Gasteiger charge is 2.21. The molecule has 2 saturated heterocycles. The topological polar surface area (TPSA) is 36.9 Å². The summed E-state index contributed by atoms with van der Waals surface area (Å²) in [4.78, 5) is 6.76. The third-order valence-corrected chi connectivity index (χ3v) is 3.68. The van der Waals surface area contributed by atoms with Crippen LogP contribution in [0.25, 0.3) is 0 Å². The van der Waals surface area contributed by atoms with Crippen LogP contribution in [0.5, 0.6) is 0 Å². The first-order valence-electron chi connectivity index (χ1n) is 6.87. The van der Waals surface area contributed by atoms with Gasteiger partial charge in [-0.15, -0.1) is 0 Å². The number of piperidine rings is 1. The molecule has 2 fully saturated rings. The smallest absolute Gasteiger partial charge is 0.193 e. The normalized spacial score (nSPS) is 30.7. The third kappa shape index (κ3) is 3.60. The molecule has 4 nitrogen and oxygen atoms in total. The second-order valence-corrected chi connectivity index (χ2v) is 5.26. The van der Waals surface area contributed by atoms with Crippen LogP contribution in [-0.4, -0.2) is 50.3 Å². The monoisotopic (exact) mass is 239 g/mol. The first-order chi connectivity index (χ1) is 8.29. The largest absolute Gasteiger partial charge is 0.376 e. The Morgan fingerprint density at radius 1 is 1.41 bits per heavy atom. The lowest BCUT2D eigenvalue weighted by Gasteiger charge is -2.33. The molecule has 0 saturated carbocycles. The van der Waals surface area contributed by atoms with Gasteiger partial charge in [0.15, 0.2) is 5.96 Å². The predicted octanol–water partition coefficient (Wildman–Crippen LogP) is 1.47. The molecule has 1 N–H and O–H groups in total. The molecule has 2 rings (SSSR count). The quantitative estimate of drug-likeness (QED) is 0.586. The molecule has 2 atom stereocenters. The minimum atomic E-state index is 0.383. The summed E-state index contributed by atoms with van der Waals surface area (Å²) in [5.41, 5.74) is 0. The van der Waals surface area contributed by atoms with E-state index in [-0.39, 0.29) is 0 Å². The van der Waals surface area contributed by atoms with Gasteiger partial charge in [0.05, 0.1) is 6.10 Å². The zero-order valence-electron chi connectivity index (χ0n) is 11.1. The molecule has 4 heteroatoms. The summed E-state index contributed by atoms with van der Waals surface area (Å²) >= 11 is 0. The van der Waals surface area contributed by atoms with E-state index in [0.717, 1.165) is 38.1 Å². The standard InChI is InChI=1S/C13H25N3O/c1-11-5-3-7-16(10-11)13(14-2)15-9-12-6-4-8-17-12/h11-12H,3-10H2,1-2H3,(H,14,15). The lowest BCUT2D eigenvalue weighted by Crippen LogP contribution is -2.47. The highest BCUT2D eigenvalue weighted by atomic mass is 16.5. The van der Waals surface area contributed by atoms with E-state index < -0.39 is 0 Å². The summed E-state index contributed by atoms with van der Waals surface area (Å²) in [6, 6.07) is 0. The number of nitrogens with one attached hydrogen (secondary N) is 1. The van der Waals surface area contributed by atoms with Gasteiger partial charge in [0.1, 0.15) is 0 Å². The first-order valence-corrected chi connectivity index (χ1v) is 6.87. The summed E-state index contributed by atoms with van der Waals surface area (Å²) in [7, 11) is 1.87. The summed E-state index contributed by atoms with van der Waals surface area (Å²) in [5.74, 6) is 1.83. The van der Waals surface area contributed by atoms with Crippen molar-refractivity contribution in [3.8, 4) is 0 Å². The van der Waals surface area contributed by atoms with Crippen LogP contribution in [0.4, 0.5) is 0 Å². The number of hydrogen-bond acceptors (Lipinski definition) is 2. The molecule has 0 radical (unpaired) electrons. The van der Waals surface area contributed by atoms with Gasteiger partial charge in [-0.1, -0.05) is 6.92 Å². The Bertz CT molecular complexity index is 261. The van der Waals surface area contributed by atoms with E-state index in [9.17, 15) is 0 Å². The molecule has 0 aromatic carbocycles. The van der Waals surface area contributed by atoms with Crippen LogP contribution in [0.2, 0.25) is 0 Å². The van der Waals surface area contributed by atoms with Crippen molar-refractivity contribution in [2.75, 3.05) is 33.3 Å². The lowest BCUT2D eigenvalue weighted by atomic mass is 10.0. The zero-order chi connectivity index (χ0) is 12.1. The highest BCUT2D eigenvalue weighted by Crippen LogP contribution is 2.16. The maximum Gasteiger partial charge on any atom is 0.193 e. The molecular weight excluding hydrogens is 214 g/mol. The van der Waals surface area contributed by atoms with Gasteiger partial charge >= 0.3 is 0 Å². The molecule has 0 amide bonds. The van der Waals surface area contributed by atoms with E-state index in [0.29, 0.717) is 6.10 Å². The molecule has 0 bridgehead atoms. The van der Waals surface area contributed by atoms with Crippen LogP contribution in [0.15, 0.2) is 4.99 Å². The van der Waals surface area contributed by atoms with Crippen molar-refractivity contribution in [2.24, 2.45) is 10.9 Å². The average molecular weight is 239 g/mol. The molecule has 98 valence electrons. The molecule has 17 heavy (non-hydrogen) atoms. The Labute approximate surface area is 104 Å². The SMILES string of the molecule is CN=C(NCC1CCCO1)N1CCCC(C)C1. The Morgan fingerprint density at radius 3 is 2.94 bits per heavy atom. The van der Waals surface area contributed by atoms with Crippen molar-refractivity contribution in [2.45, 2.75) is 38.7 Å². The second kappa shape index (κ2) is 6.24. The molecule has 0 aromatic rings. The zero-order valence-corrected chi connectivity index (χ0v) is 11.1. The van der Waals surface area contributed by atoms with Gasteiger partial charge in [-0.25, -0.2) is 0 Å². The number of rotatable bonds is 2. The Kier molecular flexibility index (Phi) is 4.66. The molecule has 2 heterocycles. The van der Waals surface area contributed by atoms with E-state index >= 15 is 0 Å². The van der Waals surface area contributed by atoms with Crippen molar-refractivity contribution < 1.29 is 4.74 Å². The van der Waals surface area contributed by atoms with Crippen molar-refractivity contribution in [3.05, 3.63) is 0 Å². The number of aliphatic imine (C=N–C) groups is 1. The van der Waals surface area contributed by atoms with Gasteiger partial charge in [-0.2, -0.15) is 0 Å². The van der Waals surface area contributed by atoms with E-state index in [1.807, 2.05) is 7.05 Å². The van der Waals surface area contributed by atoms with Crippen molar-refractivity contribution in [3.63, 3.8) is 0 Å². The van der Waals surface area contributed by atoms with E-state index in [4.69, 9.17) is 4.74 Å². The lowest BCUT2D eigenvalue weighted by molar-refractivity contribution is 0.112. The summed E-state index contributed by atoms with van der Waals surface area (Å²) in [5, 5.41) is 3.45. The third-order valence-electron chi connectivity index (χ3n) is 3.68. The highest BCUT2D eigenvalue weighted by molar-refractivity contribution is 5.80. The minimum absolute atomic E-state index is 0.383. The van der Waals surface area contributed by atoms with E-state index in [1.165, 1.54) is 25.7 Å². The van der Waals surface area contributed by atoms with Gasteiger partial charge in [0.2, 0.25) is 0 Å². The van der Waals surface area contributed by atoms with Crippen LogP contribution < -0.4 is 5.32 Å². The Morgan fingerprint density at radius 2 is 2.29 bits per heavy atom. The van der Waals surface area contributed by atoms with Gasteiger partial charge in [0, 0.05) is 33.3 Å². The minimum Gasteiger partial charge on any atom is -0.376 e. The van der Waals surface area contributed by atoms with Gasteiger partial charge in [0.25, 0.3) is 0 Å². The van der Waals surface area contributed by atoms with Gasteiger partial charge in [-0.05, 0) is 31.6 Å². The van der Waals surface area contributed by atoms with Crippen LogP contribution in [0.1, 0.15) is 32.6 Å². The van der Waals surface area contributed by atoms with Gasteiger partial charge in [-0.3, -0.25) is 4.99 Å². The van der Waals surface area contributed by atoms with Crippen LogP contribution >= 0.6 is 0 Å². The fraction of sp³-hybridized carbons (Fsp3) is 0.923. The number of guanidine groups is 1. The molecule has 0 aliphatic carbocycles. The predicted molar refractivity (Wildman–Crippen MR) is 70.3 cm³/mol. The maximum absolute atomic E-state index is 5.62.